The molecule has 0 bridgehead atoms. The zero-order chi connectivity index (χ0) is 18.0. The molecule has 6 heteroatoms. The van der Waals surface area contributed by atoms with Crippen LogP contribution < -0.4 is 11.1 Å². The average Bonchev–Trinajstić information content (AvgIpc) is 3.07. The normalized spacial score (nSPS) is 12.0. The van der Waals surface area contributed by atoms with Crippen LogP contribution in [-0.4, -0.2) is 16.1 Å². The molecule has 0 aliphatic heterocycles. The third kappa shape index (κ3) is 3.68. The van der Waals surface area contributed by atoms with E-state index in [1.165, 1.54) is 5.56 Å². The van der Waals surface area contributed by atoms with E-state index >= 15 is 0 Å². The zero-order valence-corrected chi connectivity index (χ0v) is 14.4. The first-order valence-corrected chi connectivity index (χ1v) is 8.01. The van der Waals surface area contributed by atoms with Crippen LogP contribution in [-0.2, 0) is 0 Å². The van der Waals surface area contributed by atoms with Gasteiger partial charge < -0.3 is 15.5 Å². The predicted molar refractivity (Wildman–Crippen MR) is 96.2 cm³/mol. The molecule has 3 aromatic rings. The standard InChI is InChI=1S/C19H20N4O2/c1-11-4-7-14(8-5-11)19-23-22-18(25-19)13(3)21-15-9-6-12(2)16(10-15)17(20)24/h4-10,13,21H,1-3H3,(H2,20,24). The quantitative estimate of drug-likeness (QED) is 0.742. The fraction of sp³-hybridized carbons (Fsp3) is 0.211. The highest BCUT2D eigenvalue weighted by Gasteiger charge is 2.16. The molecule has 0 fully saturated rings. The topological polar surface area (TPSA) is 94.0 Å². The minimum Gasteiger partial charge on any atom is -0.418 e. The molecule has 6 nitrogen and oxygen atoms in total. The predicted octanol–water partition coefficient (Wildman–Crippen LogP) is 3.63. The molecule has 3 N–H and O–H groups in total. The van der Waals surface area contributed by atoms with E-state index in [-0.39, 0.29) is 6.04 Å². The van der Waals surface area contributed by atoms with Gasteiger partial charge in [0, 0.05) is 16.8 Å². The third-order valence-electron chi connectivity index (χ3n) is 4.00. The summed E-state index contributed by atoms with van der Waals surface area (Å²) in [5.41, 5.74) is 9.54. The fourth-order valence-electron chi connectivity index (χ4n) is 2.51. The van der Waals surface area contributed by atoms with Gasteiger partial charge in [-0.05, 0) is 50.6 Å². The Labute approximate surface area is 146 Å². The van der Waals surface area contributed by atoms with Crippen LogP contribution in [0.2, 0.25) is 0 Å². The van der Waals surface area contributed by atoms with Gasteiger partial charge in [0.1, 0.15) is 6.04 Å². The highest BCUT2D eigenvalue weighted by atomic mass is 16.4. The van der Waals surface area contributed by atoms with Crippen molar-refractivity contribution in [3.8, 4) is 11.5 Å². The highest BCUT2D eigenvalue weighted by molar-refractivity contribution is 5.95. The van der Waals surface area contributed by atoms with Gasteiger partial charge in [0.25, 0.3) is 0 Å². The number of anilines is 1. The van der Waals surface area contributed by atoms with Crippen molar-refractivity contribution in [2.24, 2.45) is 5.73 Å². The van der Waals surface area contributed by atoms with Gasteiger partial charge in [-0.3, -0.25) is 4.79 Å². The van der Waals surface area contributed by atoms with Gasteiger partial charge in [0.15, 0.2) is 0 Å². The molecule has 1 heterocycles. The van der Waals surface area contributed by atoms with Crippen LogP contribution in [0, 0.1) is 13.8 Å². The molecule has 0 aliphatic carbocycles. The van der Waals surface area contributed by atoms with Gasteiger partial charge in [0.2, 0.25) is 17.7 Å². The summed E-state index contributed by atoms with van der Waals surface area (Å²) in [6.45, 7) is 5.78. The molecule has 2 aromatic carbocycles. The Hall–Kier alpha value is -3.15. The van der Waals surface area contributed by atoms with Gasteiger partial charge in [-0.2, -0.15) is 0 Å². The molecular weight excluding hydrogens is 316 g/mol. The maximum absolute atomic E-state index is 11.5. The highest BCUT2D eigenvalue weighted by Crippen LogP contribution is 2.24. The van der Waals surface area contributed by atoms with Gasteiger partial charge in [0.05, 0.1) is 0 Å². The van der Waals surface area contributed by atoms with Gasteiger partial charge in [-0.1, -0.05) is 23.8 Å². The number of nitrogens with two attached hydrogens (primary N) is 1. The molecule has 0 spiro atoms. The number of nitrogens with zero attached hydrogens (tertiary/aromatic N) is 2. The molecule has 3 rings (SSSR count). The van der Waals surface area contributed by atoms with E-state index in [0.717, 1.165) is 16.8 Å². The number of hydrogen-bond acceptors (Lipinski definition) is 5. The van der Waals surface area contributed by atoms with Crippen molar-refractivity contribution >= 4 is 11.6 Å². The molecule has 1 amide bonds. The molecule has 0 aliphatic rings. The number of carbonyl (C=O) groups is 1. The first-order chi connectivity index (χ1) is 11.9. The Kier molecular flexibility index (Phi) is 4.52. The number of nitrogens with one attached hydrogen (secondary N) is 1. The number of benzene rings is 2. The van der Waals surface area contributed by atoms with Gasteiger partial charge >= 0.3 is 0 Å². The van der Waals surface area contributed by atoms with E-state index in [0.29, 0.717) is 17.3 Å². The summed E-state index contributed by atoms with van der Waals surface area (Å²) in [7, 11) is 0. The maximum Gasteiger partial charge on any atom is 0.249 e. The third-order valence-corrected chi connectivity index (χ3v) is 4.00. The van der Waals surface area contributed by atoms with Crippen molar-refractivity contribution in [3.63, 3.8) is 0 Å². The van der Waals surface area contributed by atoms with E-state index in [4.69, 9.17) is 10.2 Å². The Balaban J connectivity index is 1.78. The monoisotopic (exact) mass is 336 g/mol. The summed E-state index contributed by atoms with van der Waals surface area (Å²) in [6.07, 6.45) is 0. The Morgan fingerprint density at radius 3 is 2.52 bits per heavy atom. The van der Waals surface area contributed by atoms with Crippen LogP contribution in [0.5, 0.6) is 0 Å². The van der Waals surface area contributed by atoms with Crippen molar-refractivity contribution in [1.29, 1.82) is 0 Å². The zero-order valence-electron chi connectivity index (χ0n) is 14.4. The lowest BCUT2D eigenvalue weighted by atomic mass is 10.1. The minimum absolute atomic E-state index is 0.213. The van der Waals surface area contributed by atoms with Crippen molar-refractivity contribution in [3.05, 3.63) is 65.0 Å². The number of rotatable bonds is 5. The Morgan fingerprint density at radius 1 is 1.12 bits per heavy atom. The van der Waals surface area contributed by atoms with E-state index in [2.05, 4.69) is 15.5 Å². The largest absolute Gasteiger partial charge is 0.418 e. The summed E-state index contributed by atoms with van der Waals surface area (Å²) in [5, 5.41) is 11.5. The molecule has 128 valence electrons. The summed E-state index contributed by atoms with van der Waals surface area (Å²) < 4.78 is 5.77. The summed E-state index contributed by atoms with van der Waals surface area (Å²) in [4.78, 5) is 11.5. The second-order valence-electron chi connectivity index (χ2n) is 6.07. The van der Waals surface area contributed by atoms with Crippen molar-refractivity contribution in [2.45, 2.75) is 26.8 Å². The average molecular weight is 336 g/mol. The fourth-order valence-corrected chi connectivity index (χ4v) is 2.51. The lowest BCUT2D eigenvalue weighted by Gasteiger charge is -2.13. The Morgan fingerprint density at radius 2 is 1.84 bits per heavy atom. The molecular formula is C19H20N4O2. The second-order valence-corrected chi connectivity index (χ2v) is 6.07. The molecule has 0 saturated heterocycles. The van der Waals surface area contributed by atoms with Crippen LogP contribution in [0.15, 0.2) is 46.9 Å². The Bertz CT molecular complexity index is 900. The van der Waals surface area contributed by atoms with Gasteiger partial charge in [-0.15, -0.1) is 10.2 Å². The summed E-state index contributed by atoms with van der Waals surface area (Å²) >= 11 is 0. The number of carbonyl (C=O) groups excluding carboxylic acids is 1. The van der Waals surface area contributed by atoms with Crippen LogP contribution >= 0.6 is 0 Å². The molecule has 25 heavy (non-hydrogen) atoms. The molecule has 0 saturated carbocycles. The van der Waals surface area contributed by atoms with Crippen LogP contribution in [0.4, 0.5) is 5.69 Å². The first-order valence-electron chi connectivity index (χ1n) is 8.01. The van der Waals surface area contributed by atoms with E-state index in [1.807, 2.05) is 57.2 Å². The van der Waals surface area contributed by atoms with Gasteiger partial charge in [-0.25, -0.2) is 0 Å². The summed E-state index contributed by atoms with van der Waals surface area (Å²) in [6, 6.07) is 13.1. The SMILES string of the molecule is Cc1ccc(-c2nnc(C(C)Nc3ccc(C)c(C(N)=O)c3)o2)cc1. The van der Waals surface area contributed by atoms with E-state index in [1.54, 1.807) is 6.07 Å². The smallest absolute Gasteiger partial charge is 0.249 e. The number of aryl methyl sites for hydroxylation is 2. The van der Waals surface area contributed by atoms with Crippen LogP contribution in [0.3, 0.4) is 0 Å². The lowest BCUT2D eigenvalue weighted by Crippen LogP contribution is -2.14. The van der Waals surface area contributed by atoms with Crippen LogP contribution in [0.25, 0.3) is 11.5 Å². The lowest BCUT2D eigenvalue weighted by molar-refractivity contribution is 0.0999. The second kappa shape index (κ2) is 6.76. The molecule has 1 aromatic heterocycles. The summed E-state index contributed by atoms with van der Waals surface area (Å²) in [5.74, 6) is 0.496. The number of hydrogen-bond donors (Lipinski definition) is 2. The number of amides is 1. The van der Waals surface area contributed by atoms with Crippen molar-refractivity contribution in [2.75, 3.05) is 5.32 Å². The molecule has 1 unspecified atom stereocenters. The van der Waals surface area contributed by atoms with Crippen LogP contribution in [0.1, 0.15) is 40.3 Å². The first kappa shape index (κ1) is 16.7. The maximum atomic E-state index is 11.5. The molecule has 0 radical (unpaired) electrons. The number of aromatic nitrogens is 2. The minimum atomic E-state index is -0.451. The van der Waals surface area contributed by atoms with Crippen molar-refractivity contribution in [1.82, 2.24) is 10.2 Å². The number of primary amides is 1. The van der Waals surface area contributed by atoms with Crippen molar-refractivity contribution < 1.29 is 9.21 Å². The van der Waals surface area contributed by atoms with E-state index in [9.17, 15) is 4.79 Å². The molecule has 1 atom stereocenters. The van der Waals surface area contributed by atoms with E-state index < -0.39 is 5.91 Å².